The quantitative estimate of drug-likeness (QED) is 0.529. The van der Waals surface area contributed by atoms with Gasteiger partial charge in [-0.25, -0.2) is 0 Å². The van der Waals surface area contributed by atoms with Crippen LogP contribution >= 0.6 is 0 Å². The van der Waals surface area contributed by atoms with Crippen LogP contribution in [0.2, 0.25) is 0 Å². The second kappa shape index (κ2) is 3.30. The summed E-state index contributed by atoms with van der Waals surface area (Å²) < 4.78 is 0. The molecule has 4 nitrogen and oxygen atoms in total. The van der Waals surface area contributed by atoms with Gasteiger partial charge >= 0.3 is 0 Å². The number of hydrogen-bond acceptors (Lipinski definition) is 4. The molecule has 0 saturated carbocycles. The van der Waals surface area contributed by atoms with E-state index in [0.717, 1.165) is 25.3 Å². The highest BCUT2D eigenvalue weighted by molar-refractivity contribution is 5.23. The van der Waals surface area contributed by atoms with Gasteiger partial charge in [-0.1, -0.05) is 0 Å². The lowest BCUT2D eigenvalue weighted by Gasteiger charge is -2.25. The van der Waals surface area contributed by atoms with Crippen molar-refractivity contribution in [1.29, 1.82) is 0 Å². The number of likely N-dealkylation sites (tertiary alicyclic amines) is 1. The Morgan fingerprint density at radius 1 is 1.62 bits per heavy atom. The van der Waals surface area contributed by atoms with Crippen LogP contribution in [0.25, 0.3) is 0 Å². The van der Waals surface area contributed by atoms with Crippen LogP contribution in [0.5, 0.6) is 0 Å². The van der Waals surface area contributed by atoms with Crippen LogP contribution in [-0.4, -0.2) is 29.2 Å². The summed E-state index contributed by atoms with van der Waals surface area (Å²) in [5.74, 6) is 1.05. The zero-order valence-electron chi connectivity index (χ0n) is 7.75. The first-order valence-electron chi connectivity index (χ1n) is 4.59. The van der Waals surface area contributed by atoms with Crippen LogP contribution in [0.15, 0.2) is 23.7 Å². The van der Waals surface area contributed by atoms with Gasteiger partial charge in [0.05, 0.1) is 6.10 Å². The molecule has 1 fully saturated rings. The summed E-state index contributed by atoms with van der Waals surface area (Å²) in [6.45, 7) is 3.70. The fraction of sp³-hybridized carbons (Fsp3) is 0.556. The largest absolute Gasteiger partial charge is 0.391 e. The molecule has 0 radical (unpaired) electrons. The Bertz CT molecular complexity index is 260. The van der Waals surface area contributed by atoms with E-state index in [2.05, 4.69) is 21.8 Å². The second-order valence-electron chi connectivity index (χ2n) is 3.58. The van der Waals surface area contributed by atoms with E-state index in [-0.39, 0.29) is 6.10 Å². The van der Waals surface area contributed by atoms with Crippen LogP contribution in [0.4, 0.5) is 0 Å². The highest BCUT2D eigenvalue weighted by Gasteiger charge is 2.22. The minimum Gasteiger partial charge on any atom is -0.391 e. The molecule has 2 heterocycles. The molecule has 2 aliphatic rings. The highest BCUT2D eigenvalue weighted by atomic mass is 16.3. The van der Waals surface area contributed by atoms with Gasteiger partial charge in [-0.3, -0.25) is 5.43 Å². The number of aliphatic hydroxyl groups is 1. The molecule has 0 aliphatic carbocycles. The number of rotatable bonds is 1. The third-order valence-corrected chi connectivity index (χ3v) is 2.37. The minimum absolute atomic E-state index is 0.172. The molecular weight excluding hydrogens is 166 g/mol. The van der Waals surface area contributed by atoms with E-state index < -0.39 is 0 Å². The van der Waals surface area contributed by atoms with E-state index in [4.69, 9.17) is 0 Å². The lowest BCUT2D eigenvalue weighted by molar-refractivity contribution is 0.181. The van der Waals surface area contributed by atoms with Crippen LogP contribution in [0.1, 0.15) is 13.3 Å². The normalized spacial score (nSPS) is 27.5. The molecule has 0 spiro atoms. The van der Waals surface area contributed by atoms with Crippen molar-refractivity contribution in [3.05, 3.63) is 23.7 Å². The first kappa shape index (κ1) is 8.44. The van der Waals surface area contributed by atoms with Crippen molar-refractivity contribution in [1.82, 2.24) is 15.8 Å². The van der Waals surface area contributed by atoms with Crippen LogP contribution in [0.3, 0.4) is 0 Å². The van der Waals surface area contributed by atoms with Crippen molar-refractivity contribution in [2.75, 3.05) is 13.1 Å². The first-order chi connectivity index (χ1) is 6.25. The third kappa shape index (κ3) is 1.78. The van der Waals surface area contributed by atoms with Crippen molar-refractivity contribution in [3.8, 4) is 0 Å². The van der Waals surface area contributed by atoms with Crippen molar-refractivity contribution in [2.45, 2.75) is 19.4 Å². The predicted molar refractivity (Wildman–Crippen MR) is 50.3 cm³/mol. The zero-order valence-corrected chi connectivity index (χ0v) is 7.75. The first-order valence-corrected chi connectivity index (χ1v) is 4.59. The number of β-amino-alcohol motifs (C(OH)–C–C–N with tert-alkyl or cyclic N) is 1. The summed E-state index contributed by atoms with van der Waals surface area (Å²) in [4.78, 5) is 2.15. The molecule has 0 bridgehead atoms. The summed E-state index contributed by atoms with van der Waals surface area (Å²) in [6.07, 6.45) is 4.68. The number of hydrazine groups is 1. The minimum atomic E-state index is -0.172. The molecule has 0 aromatic carbocycles. The van der Waals surface area contributed by atoms with Crippen LogP contribution < -0.4 is 10.9 Å². The van der Waals surface area contributed by atoms with Gasteiger partial charge in [0, 0.05) is 19.3 Å². The Labute approximate surface area is 77.9 Å². The van der Waals surface area contributed by atoms with Crippen LogP contribution in [0, 0.1) is 0 Å². The predicted octanol–water partition coefficient (Wildman–Crippen LogP) is -0.0940. The second-order valence-corrected chi connectivity index (χ2v) is 3.58. The number of aliphatic hydroxyl groups excluding tert-OH is 1. The molecular formula is C9H15N3O. The third-order valence-electron chi connectivity index (χ3n) is 2.37. The lowest BCUT2D eigenvalue weighted by Crippen LogP contribution is -2.38. The standard InChI is InChI=1S/C9H15N3O/c1-7-4-9(11-10-5-7)12-3-2-8(13)6-12/h4-5,8,10-11,13H,2-3,6H2,1H3. The van der Waals surface area contributed by atoms with Gasteiger partial charge in [0.25, 0.3) is 0 Å². The van der Waals surface area contributed by atoms with E-state index in [1.807, 2.05) is 13.1 Å². The average Bonchev–Trinajstić information content (AvgIpc) is 2.52. The average molecular weight is 181 g/mol. The fourth-order valence-corrected chi connectivity index (χ4v) is 1.65. The molecule has 0 aromatic rings. The molecule has 13 heavy (non-hydrogen) atoms. The molecule has 0 aromatic heterocycles. The van der Waals surface area contributed by atoms with Gasteiger partial charge < -0.3 is 15.4 Å². The van der Waals surface area contributed by atoms with Crippen LogP contribution in [-0.2, 0) is 0 Å². The number of nitrogens with zero attached hydrogens (tertiary/aromatic N) is 1. The van der Waals surface area contributed by atoms with Gasteiger partial charge in [0.2, 0.25) is 0 Å². The highest BCUT2D eigenvalue weighted by Crippen LogP contribution is 2.15. The molecule has 2 aliphatic heterocycles. The fourth-order valence-electron chi connectivity index (χ4n) is 1.65. The van der Waals surface area contributed by atoms with Gasteiger partial charge in [0.15, 0.2) is 0 Å². The van der Waals surface area contributed by atoms with Crippen molar-refractivity contribution in [2.24, 2.45) is 0 Å². The SMILES string of the molecule is CC1=CNNC(N2CCC(O)C2)=C1. The molecule has 0 amide bonds. The summed E-state index contributed by atoms with van der Waals surface area (Å²) >= 11 is 0. The summed E-state index contributed by atoms with van der Waals surface area (Å²) in [5.41, 5.74) is 7.22. The van der Waals surface area contributed by atoms with Gasteiger partial charge in [-0.15, -0.1) is 0 Å². The van der Waals surface area contributed by atoms with Crippen molar-refractivity contribution < 1.29 is 5.11 Å². The van der Waals surface area contributed by atoms with Gasteiger partial charge in [-0.05, 0) is 25.0 Å². The summed E-state index contributed by atoms with van der Waals surface area (Å²) in [5, 5.41) is 9.36. The maximum absolute atomic E-state index is 9.36. The molecule has 3 N–H and O–H groups in total. The summed E-state index contributed by atoms with van der Waals surface area (Å²) in [6, 6.07) is 0. The van der Waals surface area contributed by atoms with E-state index >= 15 is 0 Å². The number of nitrogens with one attached hydrogen (secondary N) is 2. The Morgan fingerprint density at radius 3 is 3.08 bits per heavy atom. The van der Waals surface area contributed by atoms with E-state index in [9.17, 15) is 5.11 Å². The summed E-state index contributed by atoms with van der Waals surface area (Å²) in [7, 11) is 0. The van der Waals surface area contributed by atoms with E-state index in [1.54, 1.807) is 0 Å². The number of hydrogen-bond donors (Lipinski definition) is 3. The molecule has 72 valence electrons. The monoisotopic (exact) mass is 181 g/mol. The smallest absolute Gasteiger partial charge is 0.120 e. The molecule has 1 unspecified atom stereocenters. The maximum Gasteiger partial charge on any atom is 0.120 e. The Hall–Kier alpha value is -1.16. The van der Waals surface area contributed by atoms with Crippen molar-refractivity contribution in [3.63, 3.8) is 0 Å². The Balaban J connectivity index is 2.04. The van der Waals surface area contributed by atoms with E-state index in [0.29, 0.717) is 0 Å². The van der Waals surface area contributed by atoms with E-state index in [1.165, 1.54) is 5.57 Å². The lowest BCUT2D eigenvalue weighted by atomic mass is 10.3. The van der Waals surface area contributed by atoms with Gasteiger partial charge in [0.1, 0.15) is 5.82 Å². The topological polar surface area (TPSA) is 47.5 Å². The molecule has 1 atom stereocenters. The Kier molecular flexibility index (Phi) is 2.14. The molecule has 2 rings (SSSR count). The maximum atomic E-state index is 9.36. The Morgan fingerprint density at radius 2 is 2.46 bits per heavy atom. The number of allylic oxidation sites excluding steroid dienone is 2. The van der Waals surface area contributed by atoms with Gasteiger partial charge in [-0.2, -0.15) is 0 Å². The molecule has 1 saturated heterocycles. The zero-order chi connectivity index (χ0) is 9.26. The van der Waals surface area contributed by atoms with Crippen molar-refractivity contribution >= 4 is 0 Å². The molecule has 4 heteroatoms.